The minimum atomic E-state index is -4.29. The SMILES string of the molecule is FC(F)(F)c1ccc(/C=C/C2=CC(CCc3ccc(CCCCC4C=CCC4)cc3)=CC2)cc1. The number of hydrogen-bond donors (Lipinski definition) is 0. The quantitative estimate of drug-likeness (QED) is 0.244. The number of hydrogen-bond acceptors (Lipinski definition) is 0. The van der Waals surface area contributed by atoms with Crippen molar-refractivity contribution in [1.29, 1.82) is 0 Å². The number of rotatable bonds is 10. The summed E-state index contributed by atoms with van der Waals surface area (Å²) in [6.45, 7) is 0. The predicted octanol–water partition coefficient (Wildman–Crippen LogP) is 9.29. The van der Waals surface area contributed by atoms with Gasteiger partial charge in [-0.3, -0.25) is 0 Å². The lowest BCUT2D eigenvalue weighted by Gasteiger charge is -2.08. The van der Waals surface area contributed by atoms with Gasteiger partial charge in [-0.2, -0.15) is 13.2 Å². The van der Waals surface area contributed by atoms with Gasteiger partial charge in [-0.1, -0.05) is 84.8 Å². The van der Waals surface area contributed by atoms with Crippen LogP contribution in [-0.4, -0.2) is 0 Å². The molecule has 0 aliphatic heterocycles. The van der Waals surface area contributed by atoms with Crippen LogP contribution in [0.5, 0.6) is 0 Å². The van der Waals surface area contributed by atoms with E-state index in [-0.39, 0.29) is 0 Å². The van der Waals surface area contributed by atoms with E-state index in [4.69, 9.17) is 0 Å². The molecule has 2 aromatic carbocycles. The second-order valence-corrected chi connectivity index (χ2v) is 9.48. The van der Waals surface area contributed by atoms with Crippen LogP contribution >= 0.6 is 0 Å². The highest BCUT2D eigenvalue weighted by atomic mass is 19.4. The fraction of sp³-hybridized carbons (Fsp3) is 0.355. The molecule has 0 saturated carbocycles. The summed E-state index contributed by atoms with van der Waals surface area (Å²) in [4.78, 5) is 0. The lowest BCUT2D eigenvalue weighted by molar-refractivity contribution is -0.137. The lowest BCUT2D eigenvalue weighted by atomic mass is 9.98. The van der Waals surface area contributed by atoms with Crippen molar-refractivity contribution in [3.05, 3.63) is 112 Å². The van der Waals surface area contributed by atoms with Crippen molar-refractivity contribution in [3.63, 3.8) is 0 Å². The number of aryl methyl sites for hydroxylation is 2. The van der Waals surface area contributed by atoms with E-state index in [2.05, 4.69) is 48.6 Å². The molecule has 34 heavy (non-hydrogen) atoms. The molecule has 0 saturated heterocycles. The van der Waals surface area contributed by atoms with Gasteiger partial charge < -0.3 is 0 Å². The molecule has 0 nitrogen and oxygen atoms in total. The van der Waals surface area contributed by atoms with Crippen molar-refractivity contribution in [2.45, 2.75) is 64.0 Å². The fourth-order valence-electron chi connectivity index (χ4n) is 4.71. The topological polar surface area (TPSA) is 0 Å². The molecular formula is C31H33F3. The Bertz CT molecular complexity index is 1050. The maximum atomic E-state index is 12.7. The van der Waals surface area contributed by atoms with E-state index in [0.717, 1.165) is 42.9 Å². The van der Waals surface area contributed by atoms with Crippen LogP contribution in [0.1, 0.15) is 67.2 Å². The standard InChI is InChI=1S/C31H33F3/c32-31(33,34)30-21-19-27(20-22-30)14-16-29-18-17-28(23-29)15-13-26-11-9-25(10-12-26)8-4-3-7-24-5-1-2-6-24/h1,5,9-12,14,16-17,19-24H,2-4,6-8,13,15,18H2/b16-14+. The zero-order valence-corrected chi connectivity index (χ0v) is 19.7. The molecule has 2 aromatic rings. The van der Waals surface area contributed by atoms with Crippen LogP contribution in [0.4, 0.5) is 13.2 Å². The van der Waals surface area contributed by atoms with Crippen molar-refractivity contribution in [2.75, 3.05) is 0 Å². The fourth-order valence-corrected chi connectivity index (χ4v) is 4.71. The van der Waals surface area contributed by atoms with Gasteiger partial charge in [-0.05, 0) is 91.7 Å². The van der Waals surface area contributed by atoms with E-state index in [1.807, 2.05) is 12.2 Å². The van der Waals surface area contributed by atoms with Gasteiger partial charge in [-0.25, -0.2) is 0 Å². The summed E-state index contributed by atoms with van der Waals surface area (Å²) in [5.41, 5.74) is 5.48. The predicted molar refractivity (Wildman–Crippen MR) is 135 cm³/mol. The maximum absolute atomic E-state index is 12.7. The summed E-state index contributed by atoms with van der Waals surface area (Å²) in [5, 5.41) is 0. The first-order chi connectivity index (χ1) is 16.5. The molecule has 1 atom stereocenters. The van der Waals surface area contributed by atoms with Gasteiger partial charge in [0, 0.05) is 0 Å². The summed E-state index contributed by atoms with van der Waals surface area (Å²) in [6.07, 6.45) is 19.4. The van der Waals surface area contributed by atoms with Gasteiger partial charge >= 0.3 is 6.18 Å². The monoisotopic (exact) mass is 462 g/mol. The van der Waals surface area contributed by atoms with Crippen molar-refractivity contribution in [2.24, 2.45) is 5.92 Å². The van der Waals surface area contributed by atoms with Gasteiger partial charge in [0.2, 0.25) is 0 Å². The Labute approximate surface area is 201 Å². The minimum Gasteiger partial charge on any atom is -0.166 e. The Morgan fingerprint density at radius 3 is 2.24 bits per heavy atom. The molecule has 2 aliphatic carbocycles. The van der Waals surface area contributed by atoms with E-state index in [1.54, 1.807) is 0 Å². The van der Waals surface area contributed by atoms with Gasteiger partial charge in [-0.15, -0.1) is 0 Å². The first-order valence-corrected chi connectivity index (χ1v) is 12.5. The third-order valence-corrected chi connectivity index (χ3v) is 6.83. The molecule has 0 amide bonds. The third-order valence-electron chi connectivity index (χ3n) is 6.83. The van der Waals surface area contributed by atoms with Crippen LogP contribution in [-0.2, 0) is 19.0 Å². The number of alkyl halides is 3. The maximum Gasteiger partial charge on any atom is 0.416 e. The van der Waals surface area contributed by atoms with Gasteiger partial charge in [0.15, 0.2) is 0 Å². The Kier molecular flexibility index (Phi) is 8.26. The second-order valence-electron chi connectivity index (χ2n) is 9.48. The number of unbranched alkanes of at least 4 members (excludes halogenated alkanes) is 1. The molecule has 3 heteroatoms. The summed E-state index contributed by atoms with van der Waals surface area (Å²) >= 11 is 0. The molecule has 178 valence electrons. The van der Waals surface area contributed by atoms with Crippen LogP contribution in [0.2, 0.25) is 0 Å². The van der Waals surface area contributed by atoms with E-state index >= 15 is 0 Å². The van der Waals surface area contributed by atoms with Crippen LogP contribution in [0.25, 0.3) is 6.08 Å². The summed E-state index contributed by atoms with van der Waals surface area (Å²) in [5.74, 6) is 0.821. The molecule has 4 rings (SSSR count). The zero-order chi connectivity index (χ0) is 23.8. The van der Waals surface area contributed by atoms with Crippen molar-refractivity contribution in [1.82, 2.24) is 0 Å². The molecule has 0 aromatic heterocycles. The third kappa shape index (κ3) is 7.35. The summed E-state index contributed by atoms with van der Waals surface area (Å²) < 4.78 is 38.1. The lowest BCUT2D eigenvalue weighted by Crippen LogP contribution is -2.03. The molecule has 1 unspecified atom stereocenters. The average Bonchev–Trinajstić information content (AvgIpc) is 3.52. The highest BCUT2D eigenvalue weighted by Crippen LogP contribution is 2.30. The minimum absolute atomic E-state index is 0.612. The Morgan fingerprint density at radius 1 is 0.824 bits per heavy atom. The van der Waals surface area contributed by atoms with Crippen LogP contribution in [0, 0.1) is 5.92 Å². The molecule has 0 bridgehead atoms. The van der Waals surface area contributed by atoms with Crippen LogP contribution < -0.4 is 0 Å². The number of halogens is 3. The van der Waals surface area contributed by atoms with Gasteiger partial charge in [0.25, 0.3) is 0 Å². The second kappa shape index (κ2) is 11.6. The van der Waals surface area contributed by atoms with E-state index in [0.29, 0.717) is 0 Å². The Hall–Kier alpha value is -2.81. The van der Waals surface area contributed by atoms with E-state index in [1.165, 1.54) is 72.9 Å². The molecule has 0 fully saturated rings. The first kappa shape index (κ1) is 24.3. The molecule has 0 spiro atoms. The smallest absolute Gasteiger partial charge is 0.166 e. The molecule has 2 aliphatic rings. The van der Waals surface area contributed by atoms with Crippen molar-refractivity contribution >= 4 is 6.08 Å². The summed E-state index contributed by atoms with van der Waals surface area (Å²) in [6, 6.07) is 14.4. The van der Waals surface area contributed by atoms with Crippen molar-refractivity contribution in [3.8, 4) is 0 Å². The normalized spacial score (nSPS) is 18.0. The first-order valence-electron chi connectivity index (χ1n) is 12.5. The van der Waals surface area contributed by atoms with Crippen molar-refractivity contribution < 1.29 is 13.2 Å². The number of benzene rings is 2. The molecule has 0 radical (unpaired) electrons. The summed E-state index contributed by atoms with van der Waals surface area (Å²) in [7, 11) is 0. The van der Waals surface area contributed by atoms with E-state index < -0.39 is 11.7 Å². The molecule has 0 N–H and O–H groups in total. The molecule has 0 heterocycles. The van der Waals surface area contributed by atoms with Crippen LogP contribution in [0.15, 0.2) is 90.1 Å². The van der Waals surface area contributed by atoms with Gasteiger partial charge in [0.05, 0.1) is 5.56 Å². The Balaban J connectivity index is 1.18. The van der Waals surface area contributed by atoms with E-state index in [9.17, 15) is 13.2 Å². The largest absolute Gasteiger partial charge is 0.416 e. The molecular weight excluding hydrogens is 429 g/mol. The zero-order valence-electron chi connectivity index (χ0n) is 19.7. The highest BCUT2D eigenvalue weighted by Gasteiger charge is 2.29. The van der Waals surface area contributed by atoms with Crippen LogP contribution in [0.3, 0.4) is 0 Å². The Morgan fingerprint density at radius 2 is 1.56 bits per heavy atom. The highest BCUT2D eigenvalue weighted by molar-refractivity contribution is 5.55. The van der Waals surface area contributed by atoms with Gasteiger partial charge in [0.1, 0.15) is 0 Å². The average molecular weight is 463 g/mol. The number of allylic oxidation sites excluding steroid dienone is 7.